The molecule has 0 spiro atoms. The minimum absolute atomic E-state index is 0.0661. The van der Waals surface area contributed by atoms with E-state index in [0.29, 0.717) is 23.0 Å². The molecule has 1 N–H and O–H groups in total. The maximum absolute atomic E-state index is 12.1. The molecular formula is C15H17N5O2S. The number of fused-ring (bicyclic) bond motifs is 1. The van der Waals surface area contributed by atoms with Crippen molar-refractivity contribution in [3.63, 3.8) is 0 Å². The van der Waals surface area contributed by atoms with Crippen molar-refractivity contribution in [2.24, 2.45) is 0 Å². The van der Waals surface area contributed by atoms with Gasteiger partial charge in [-0.3, -0.25) is 9.69 Å². The first-order chi connectivity index (χ1) is 11.2. The Bertz CT molecular complexity index is 883. The van der Waals surface area contributed by atoms with Crippen molar-refractivity contribution in [2.45, 2.75) is 38.8 Å². The van der Waals surface area contributed by atoms with E-state index in [1.54, 1.807) is 0 Å². The second kappa shape index (κ2) is 5.86. The Morgan fingerprint density at radius 1 is 1.48 bits per heavy atom. The number of aryl methyl sites for hydroxylation is 1. The van der Waals surface area contributed by atoms with Gasteiger partial charge in [0.2, 0.25) is 5.89 Å². The monoisotopic (exact) mass is 331 g/mol. The molecule has 0 aliphatic carbocycles. The van der Waals surface area contributed by atoms with Gasteiger partial charge in [0.1, 0.15) is 10.5 Å². The van der Waals surface area contributed by atoms with Crippen LogP contribution in [0.1, 0.15) is 43.3 Å². The maximum atomic E-state index is 12.1. The molecule has 3 aromatic heterocycles. The molecule has 4 rings (SSSR count). The lowest BCUT2D eigenvalue weighted by atomic mass is 10.2. The van der Waals surface area contributed by atoms with E-state index in [4.69, 9.17) is 4.52 Å². The minimum atomic E-state index is -0.0661. The molecule has 0 bridgehead atoms. The highest BCUT2D eigenvalue weighted by atomic mass is 32.1. The van der Waals surface area contributed by atoms with Crippen LogP contribution in [-0.2, 0) is 13.0 Å². The number of nitrogens with zero attached hydrogens (tertiary/aromatic N) is 4. The smallest absolute Gasteiger partial charge is 0.268 e. The minimum Gasteiger partial charge on any atom is -0.339 e. The summed E-state index contributed by atoms with van der Waals surface area (Å²) < 4.78 is 5.91. The summed E-state index contributed by atoms with van der Waals surface area (Å²) in [5.41, 5.74) is 0.695. The number of nitrogens with one attached hydrogen (secondary N) is 1. The van der Waals surface area contributed by atoms with E-state index in [-0.39, 0.29) is 11.6 Å². The highest BCUT2D eigenvalue weighted by Crippen LogP contribution is 2.31. The SMILES string of the molecule is CCc1nc(C2CCCN2Cc2nc3ccsc3c(=O)[nH]2)no1. The highest BCUT2D eigenvalue weighted by molar-refractivity contribution is 7.17. The Morgan fingerprint density at radius 2 is 2.39 bits per heavy atom. The summed E-state index contributed by atoms with van der Waals surface area (Å²) in [7, 11) is 0. The number of H-pyrrole nitrogens is 1. The standard InChI is InChI=1S/C15H17N5O2S/c1-2-12-18-14(19-22-12)10-4-3-6-20(10)8-11-16-9-5-7-23-13(9)15(21)17-11/h5,7,10H,2-4,6,8H2,1H3,(H,16,17,21). The van der Waals surface area contributed by atoms with E-state index in [1.165, 1.54) is 11.3 Å². The van der Waals surface area contributed by atoms with Gasteiger partial charge in [-0.05, 0) is 30.8 Å². The molecule has 1 aliphatic heterocycles. The second-order valence-electron chi connectivity index (χ2n) is 5.68. The molecule has 1 atom stereocenters. The first-order valence-corrected chi connectivity index (χ1v) is 8.65. The number of rotatable bonds is 4. The van der Waals surface area contributed by atoms with E-state index in [1.807, 2.05) is 18.4 Å². The fraction of sp³-hybridized carbons (Fsp3) is 0.467. The average molecular weight is 331 g/mol. The van der Waals surface area contributed by atoms with Gasteiger partial charge in [-0.1, -0.05) is 12.1 Å². The molecule has 0 amide bonds. The van der Waals surface area contributed by atoms with Crippen molar-refractivity contribution in [1.82, 2.24) is 25.0 Å². The van der Waals surface area contributed by atoms with Crippen molar-refractivity contribution < 1.29 is 4.52 Å². The molecule has 0 radical (unpaired) electrons. The first-order valence-electron chi connectivity index (χ1n) is 7.77. The van der Waals surface area contributed by atoms with Gasteiger partial charge in [0, 0.05) is 6.42 Å². The third-order valence-electron chi connectivity index (χ3n) is 4.16. The molecule has 1 unspecified atom stereocenters. The molecule has 1 saturated heterocycles. The third-order valence-corrected chi connectivity index (χ3v) is 5.07. The van der Waals surface area contributed by atoms with Crippen molar-refractivity contribution >= 4 is 21.6 Å². The van der Waals surface area contributed by atoms with E-state index in [2.05, 4.69) is 25.0 Å². The predicted molar refractivity (Wildman–Crippen MR) is 86.3 cm³/mol. The molecule has 120 valence electrons. The largest absolute Gasteiger partial charge is 0.339 e. The quantitative estimate of drug-likeness (QED) is 0.789. The molecule has 1 aliphatic rings. The van der Waals surface area contributed by atoms with E-state index >= 15 is 0 Å². The lowest BCUT2D eigenvalue weighted by Crippen LogP contribution is -2.26. The van der Waals surface area contributed by atoms with Crippen molar-refractivity contribution in [2.75, 3.05) is 6.54 Å². The Labute approximate surface area is 136 Å². The molecule has 0 aromatic carbocycles. The highest BCUT2D eigenvalue weighted by Gasteiger charge is 2.30. The molecule has 8 heteroatoms. The van der Waals surface area contributed by atoms with Gasteiger partial charge in [0.15, 0.2) is 5.82 Å². The number of hydrogen-bond donors (Lipinski definition) is 1. The van der Waals surface area contributed by atoms with Crippen LogP contribution in [0.2, 0.25) is 0 Å². The van der Waals surface area contributed by atoms with Crippen LogP contribution in [0, 0.1) is 0 Å². The van der Waals surface area contributed by atoms with Crippen LogP contribution in [0.3, 0.4) is 0 Å². The van der Waals surface area contributed by atoms with Crippen LogP contribution in [-0.4, -0.2) is 31.6 Å². The van der Waals surface area contributed by atoms with Crippen LogP contribution in [0.4, 0.5) is 0 Å². The normalized spacial score (nSPS) is 18.9. The van der Waals surface area contributed by atoms with Gasteiger partial charge in [-0.25, -0.2) is 4.98 Å². The summed E-state index contributed by atoms with van der Waals surface area (Å²) in [4.78, 5) is 26.2. The van der Waals surface area contributed by atoms with Crippen molar-refractivity contribution in [1.29, 1.82) is 0 Å². The molecule has 7 nitrogen and oxygen atoms in total. The molecule has 3 aromatic rings. The van der Waals surface area contributed by atoms with Crippen molar-refractivity contribution in [3.05, 3.63) is 39.3 Å². The van der Waals surface area contributed by atoms with Gasteiger partial charge < -0.3 is 9.51 Å². The second-order valence-corrected chi connectivity index (χ2v) is 6.59. The Hall–Kier alpha value is -2.06. The summed E-state index contributed by atoms with van der Waals surface area (Å²) in [6.07, 6.45) is 2.81. The number of likely N-dealkylation sites (tertiary alicyclic amines) is 1. The molecule has 1 fully saturated rings. The van der Waals surface area contributed by atoms with Gasteiger partial charge in [-0.2, -0.15) is 4.98 Å². The van der Waals surface area contributed by atoms with E-state index < -0.39 is 0 Å². The van der Waals surface area contributed by atoms with Crippen LogP contribution in [0.25, 0.3) is 10.2 Å². The van der Waals surface area contributed by atoms with Crippen LogP contribution >= 0.6 is 11.3 Å². The molecule has 0 saturated carbocycles. The Balaban J connectivity index is 1.59. The van der Waals surface area contributed by atoms with Gasteiger partial charge in [-0.15, -0.1) is 11.3 Å². The lowest BCUT2D eigenvalue weighted by molar-refractivity contribution is 0.228. The number of hydrogen-bond acceptors (Lipinski definition) is 7. The fourth-order valence-electron chi connectivity index (χ4n) is 3.04. The Kier molecular flexibility index (Phi) is 3.70. The molecule has 23 heavy (non-hydrogen) atoms. The van der Waals surface area contributed by atoms with Crippen LogP contribution in [0.15, 0.2) is 20.8 Å². The topological polar surface area (TPSA) is 87.9 Å². The van der Waals surface area contributed by atoms with Gasteiger partial charge in [0.25, 0.3) is 5.56 Å². The summed E-state index contributed by atoms with van der Waals surface area (Å²) in [5, 5.41) is 5.99. The number of aromatic nitrogens is 4. The first kappa shape index (κ1) is 14.5. The zero-order valence-corrected chi connectivity index (χ0v) is 13.6. The van der Waals surface area contributed by atoms with Crippen LogP contribution < -0.4 is 5.56 Å². The average Bonchev–Trinajstić information content (AvgIpc) is 3.26. The summed E-state index contributed by atoms with van der Waals surface area (Å²) >= 11 is 1.42. The van der Waals surface area contributed by atoms with E-state index in [9.17, 15) is 4.79 Å². The number of aromatic amines is 1. The molecule has 4 heterocycles. The summed E-state index contributed by atoms with van der Waals surface area (Å²) in [6, 6.07) is 2.01. The zero-order valence-electron chi connectivity index (χ0n) is 12.8. The maximum Gasteiger partial charge on any atom is 0.268 e. The van der Waals surface area contributed by atoms with Crippen LogP contribution in [0.5, 0.6) is 0 Å². The summed E-state index contributed by atoms with van der Waals surface area (Å²) in [5.74, 6) is 2.09. The van der Waals surface area contributed by atoms with Crippen molar-refractivity contribution in [3.8, 4) is 0 Å². The Morgan fingerprint density at radius 3 is 3.22 bits per heavy atom. The predicted octanol–water partition coefficient (Wildman–Crippen LogP) is 2.27. The zero-order chi connectivity index (χ0) is 15.8. The van der Waals surface area contributed by atoms with E-state index in [0.717, 1.165) is 37.1 Å². The third kappa shape index (κ3) is 2.68. The van der Waals surface area contributed by atoms with Gasteiger partial charge >= 0.3 is 0 Å². The molecular weight excluding hydrogens is 314 g/mol. The lowest BCUT2D eigenvalue weighted by Gasteiger charge is -2.20. The fourth-order valence-corrected chi connectivity index (χ4v) is 3.77. The summed E-state index contributed by atoms with van der Waals surface area (Å²) in [6.45, 7) is 3.52. The van der Waals surface area contributed by atoms with Gasteiger partial charge in [0.05, 0.1) is 18.1 Å². The number of thiophene rings is 1.